The minimum Gasteiger partial charge on any atom is -0.467 e. The summed E-state index contributed by atoms with van der Waals surface area (Å²) in [6, 6.07) is 24.0. The van der Waals surface area contributed by atoms with Crippen LogP contribution in [-0.2, 0) is 6.54 Å². The van der Waals surface area contributed by atoms with E-state index in [0.717, 1.165) is 15.8 Å². The lowest BCUT2D eigenvalue weighted by Crippen LogP contribution is -2.30. The predicted octanol–water partition coefficient (Wildman–Crippen LogP) is 7.49. The lowest BCUT2D eigenvalue weighted by atomic mass is 10.2. The Morgan fingerprint density at radius 3 is 2.64 bits per heavy atom. The smallest absolute Gasteiger partial charge is 0.260 e. The number of nitrogens with zero attached hydrogens (tertiary/aromatic N) is 2. The van der Waals surface area contributed by atoms with Crippen LogP contribution in [0.2, 0.25) is 5.02 Å². The van der Waals surface area contributed by atoms with Gasteiger partial charge >= 0.3 is 0 Å². The first-order valence-electron chi connectivity index (χ1n) is 10.3. The summed E-state index contributed by atoms with van der Waals surface area (Å²) in [6.45, 7) is 2.21. The molecule has 3 aromatic carbocycles. The first-order chi connectivity index (χ1) is 16.1. The van der Waals surface area contributed by atoms with Crippen molar-refractivity contribution in [1.82, 2.24) is 4.98 Å². The summed E-state index contributed by atoms with van der Waals surface area (Å²) in [5.41, 5.74) is 2.28. The number of thiazole rings is 1. The first-order valence-corrected chi connectivity index (χ1v) is 11.5. The van der Waals surface area contributed by atoms with Gasteiger partial charge in [0.1, 0.15) is 17.3 Å². The van der Waals surface area contributed by atoms with E-state index in [2.05, 4.69) is 0 Å². The molecule has 2 heterocycles. The van der Waals surface area contributed by atoms with Crippen molar-refractivity contribution in [2.75, 3.05) is 4.90 Å². The van der Waals surface area contributed by atoms with E-state index in [-0.39, 0.29) is 12.5 Å². The number of amides is 1. The third-order valence-electron chi connectivity index (χ3n) is 5.07. The van der Waals surface area contributed by atoms with Crippen molar-refractivity contribution >= 4 is 44.2 Å². The van der Waals surface area contributed by atoms with Gasteiger partial charge in [-0.2, -0.15) is 0 Å². The summed E-state index contributed by atoms with van der Waals surface area (Å²) in [5, 5.41) is 1.22. The monoisotopic (exact) mass is 474 g/mol. The molecule has 7 heteroatoms. The van der Waals surface area contributed by atoms with Gasteiger partial charge in [0.05, 0.1) is 23.0 Å². The topological polar surface area (TPSA) is 55.6 Å². The lowest BCUT2D eigenvalue weighted by Gasteiger charge is -2.19. The van der Waals surface area contributed by atoms with E-state index in [1.165, 1.54) is 11.3 Å². The lowest BCUT2D eigenvalue weighted by molar-refractivity contribution is 0.0983. The summed E-state index contributed by atoms with van der Waals surface area (Å²) >= 11 is 7.66. The minimum absolute atomic E-state index is 0.201. The molecule has 0 aliphatic carbocycles. The fraction of sp³-hybridized carbons (Fsp3) is 0.0769. The maximum absolute atomic E-state index is 13.7. The van der Waals surface area contributed by atoms with Crippen molar-refractivity contribution in [2.45, 2.75) is 13.5 Å². The minimum atomic E-state index is -0.201. The molecule has 2 aromatic heterocycles. The van der Waals surface area contributed by atoms with Crippen LogP contribution in [-0.4, -0.2) is 10.9 Å². The Balaban J connectivity index is 1.51. The van der Waals surface area contributed by atoms with Crippen LogP contribution < -0.4 is 9.64 Å². The third kappa shape index (κ3) is 4.62. The van der Waals surface area contributed by atoms with Crippen LogP contribution in [0, 0.1) is 6.92 Å². The Kier molecular flexibility index (Phi) is 5.86. The summed E-state index contributed by atoms with van der Waals surface area (Å²) in [4.78, 5) is 20.1. The van der Waals surface area contributed by atoms with Crippen molar-refractivity contribution in [3.8, 4) is 11.5 Å². The zero-order valence-corrected chi connectivity index (χ0v) is 19.3. The molecule has 0 bridgehead atoms. The first kappa shape index (κ1) is 21.2. The molecule has 0 unspecified atom stereocenters. The highest BCUT2D eigenvalue weighted by Gasteiger charge is 2.24. The van der Waals surface area contributed by atoms with Gasteiger partial charge in [0.2, 0.25) is 0 Å². The fourth-order valence-electron chi connectivity index (χ4n) is 3.52. The van der Waals surface area contributed by atoms with E-state index in [9.17, 15) is 4.79 Å². The van der Waals surface area contributed by atoms with Crippen LogP contribution in [0.1, 0.15) is 21.7 Å². The normalized spacial score (nSPS) is 11.0. The molecule has 164 valence electrons. The number of carbonyl (C=O) groups is 1. The molecule has 0 atom stereocenters. The molecule has 1 amide bonds. The second kappa shape index (κ2) is 9.10. The largest absolute Gasteiger partial charge is 0.467 e. The Bertz CT molecular complexity index is 1410. The number of anilines is 1. The van der Waals surface area contributed by atoms with Gasteiger partial charge in [-0.25, -0.2) is 4.98 Å². The van der Waals surface area contributed by atoms with Crippen molar-refractivity contribution in [3.63, 3.8) is 0 Å². The Morgan fingerprint density at radius 2 is 1.85 bits per heavy atom. The quantitative estimate of drug-likeness (QED) is 0.256. The van der Waals surface area contributed by atoms with Gasteiger partial charge in [-0.15, -0.1) is 0 Å². The third-order valence-corrected chi connectivity index (χ3v) is 6.31. The van der Waals surface area contributed by atoms with E-state index >= 15 is 0 Å². The van der Waals surface area contributed by atoms with Gasteiger partial charge < -0.3 is 9.15 Å². The summed E-state index contributed by atoms with van der Waals surface area (Å²) in [6.07, 6.45) is 1.59. The van der Waals surface area contributed by atoms with Crippen LogP contribution in [0.15, 0.2) is 89.5 Å². The molecule has 0 saturated carbocycles. The van der Waals surface area contributed by atoms with Crippen LogP contribution in [0.3, 0.4) is 0 Å². The molecule has 0 fully saturated rings. The molecule has 0 saturated heterocycles. The molecule has 0 spiro atoms. The van der Waals surface area contributed by atoms with E-state index in [1.807, 2.05) is 61.5 Å². The maximum atomic E-state index is 13.7. The molecule has 0 aliphatic rings. The average Bonchev–Trinajstić information content (AvgIpc) is 3.48. The number of rotatable bonds is 6. The Labute approximate surface area is 199 Å². The van der Waals surface area contributed by atoms with Gasteiger partial charge in [-0.3, -0.25) is 9.69 Å². The number of carbonyl (C=O) groups excluding carboxylic acids is 1. The van der Waals surface area contributed by atoms with Gasteiger partial charge in [0.15, 0.2) is 5.13 Å². The van der Waals surface area contributed by atoms with Crippen molar-refractivity contribution < 1.29 is 13.9 Å². The van der Waals surface area contributed by atoms with E-state index in [1.54, 1.807) is 35.4 Å². The summed E-state index contributed by atoms with van der Waals surface area (Å²) in [7, 11) is 0. The number of aromatic nitrogens is 1. The van der Waals surface area contributed by atoms with Crippen molar-refractivity contribution in [3.05, 3.63) is 107 Å². The fourth-order valence-corrected chi connectivity index (χ4v) is 4.93. The molecule has 5 aromatic rings. The number of aryl methyl sites for hydroxylation is 1. The van der Waals surface area contributed by atoms with Gasteiger partial charge in [0.25, 0.3) is 5.91 Å². The zero-order chi connectivity index (χ0) is 22.8. The number of hydrogen-bond donors (Lipinski definition) is 0. The number of furan rings is 1. The molecule has 33 heavy (non-hydrogen) atoms. The van der Waals surface area contributed by atoms with Gasteiger partial charge in [-0.1, -0.05) is 47.2 Å². The van der Waals surface area contributed by atoms with Crippen LogP contribution in [0.4, 0.5) is 5.13 Å². The Morgan fingerprint density at radius 1 is 1.03 bits per heavy atom. The average molecular weight is 475 g/mol. The number of halogens is 1. The summed E-state index contributed by atoms with van der Waals surface area (Å²) in [5.74, 6) is 1.74. The van der Waals surface area contributed by atoms with E-state index in [0.29, 0.717) is 33.0 Å². The molecule has 0 N–H and O–H groups in total. The number of ether oxygens (including phenoxy) is 1. The second-order valence-corrected chi connectivity index (χ2v) is 8.93. The SMILES string of the molecule is Cc1cc(Cl)cc2sc(N(Cc3ccco3)C(=O)c3cccc(Oc4ccccc4)c3)nc12. The molecule has 0 aliphatic heterocycles. The molecular weight excluding hydrogens is 456 g/mol. The molecule has 0 radical (unpaired) electrons. The van der Waals surface area contributed by atoms with Crippen molar-refractivity contribution in [2.24, 2.45) is 0 Å². The van der Waals surface area contributed by atoms with E-state index < -0.39 is 0 Å². The van der Waals surface area contributed by atoms with Crippen molar-refractivity contribution in [1.29, 1.82) is 0 Å². The van der Waals surface area contributed by atoms with Crippen LogP contribution in [0.25, 0.3) is 10.2 Å². The highest BCUT2D eigenvalue weighted by atomic mass is 35.5. The molecule has 5 rings (SSSR count). The van der Waals surface area contributed by atoms with E-state index in [4.69, 9.17) is 25.7 Å². The number of para-hydroxylation sites is 1. The molecular formula is C26H19ClN2O3S. The second-order valence-electron chi connectivity index (χ2n) is 7.48. The van der Waals surface area contributed by atoms with Gasteiger partial charge in [-0.05, 0) is 67.1 Å². The van der Waals surface area contributed by atoms with Gasteiger partial charge in [0, 0.05) is 10.6 Å². The summed E-state index contributed by atoms with van der Waals surface area (Å²) < 4.78 is 12.4. The molecule has 5 nitrogen and oxygen atoms in total. The zero-order valence-electron chi connectivity index (χ0n) is 17.7. The maximum Gasteiger partial charge on any atom is 0.260 e. The Hall–Kier alpha value is -3.61. The number of benzene rings is 3. The standard InChI is InChI=1S/C26H19ClN2O3S/c1-17-13-19(27)15-23-24(17)28-26(33-23)29(16-22-11-6-12-31-22)25(30)18-7-5-10-21(14-18)32-20-8-3-2-4-9-20/h2-15H,16H2,1H3. The van der Waals surface area contributed by atoms with Crippen LogP contribution in [0.5, 0.6) is 11.5 Å². The van der Waals surface area contributed by atoms with Crippen LogP contribution >= 0.6 is 22.9 Å². The number of fused-ring (bicyclic) bond motifs is 1. The highest BCUT2D eigenvalue weighted by molar-refractivity contribution is 7.22. The number of hydrogen-bond acceptors (Lipinski definition) is 5. The highest BCUT2D eigenvalue weighted by Crippen LogP contribution is 2.34. The predicted molar refractivity (Wildman–Crippen MR) is 132 cm³/mol.